The molecule has 22 heavy (non-hydrogen) atoms. The monoisotopic (exact) mass is 304 g/mol. The molecular formula is C17H24N2O3. The summed E-state index contributed by atoms with van der Waals surface area (Å²) in [6.45, 7) is 0.524. The SMILES string of the molecule is NC(=O)[C@H](CC1CCCC1)CN(C=O)OCc1ccccc1. The van der Waals surface area contributed by atoms with Gasteiger partial charge in [-0.25, -0.2) is 5.06 Å². The Labute approximate surface area is 131 Å². The average Bonchev–Trinajstić information content (AvgIpc) is 3.04. The minimum atomic E-state index is -0.359. The molecule has 1 aliphatic carbocycles. The maximum absolute atomic E-state index is 11.6. The molecule has 0 unspecified atom stereocenters. The first-order valence-electron chi connectivity index (χ1n) is 7.87. The number of rotatable bonds is 9. The Morgan fingerprint density at radius 1 is 1.32 bits per heavy atom. The molecule has 1 aliphatic rings. The summed E-state index contributed by atoms with van der Waals surface area (Å²) >= 11 is 0. The number of amides is 2. The van der Waals surface area contributed by atoms with Crippen molar-refractivity contribution >= 4 is 12.3 Å². The number of hydrogen-bond donors (Lipinski definition) is 1. The zero-order valence-corrected chi connectivity index (χ0v) is 12.8. The van der Waals surface area contributed by atoms with E-state index in [1.54, 1.807) is 0 Å². The summed E-state index contributed by atoms with van der Waals surface area (Å²) in [6, 6.07) is 9.60. The van der Waals surface area contributed by atoms with Gasteiger partial charge >= 0.3 is 0 Å². The zero-order chi connectivity index (χ0) is 15.8. The first-order chi connectivity index (χ1) is 10.7. The second-order valence-electron chi connectivity index (χ2n) is 5.95. The fourth-order valence-electron chi connectivity index (χ4n) is 3.00. The maximum atomic E-state index is 11.6. The second-order valence-corrected chi connectivity index (χ2v) is 5.95. The third-order valence-corrected chi connectivity index (χ3v) is 4.25. The molecular weight excluding hydrogens is 280 g/mol. The predicted octanol–water partition coefficient (Wildman–Crippen LogP) is 2.26. The predicted molar refractivity (Wildman–Crippen MR) is 83.3 cm³/mol. The molecule has 5 heteroatoms. The number of primary amides is 1. The average molecular weight is 304 g/mol. The molecule has 0 saturated heterocycles. The number of benzene rings is 1. The van der Waals surface area contributed by atoms with Crippen molar-refractivity contribution in [2.75, 3.05) is 6.54 Å². The summed E-state index contributed by atoms with van der Waals surface area (Å²) in [5.41, 5.74) is 6.46. The second kappa shape index (κ2) is 8.54. The van der Waals surface area contributed by atoms with Gasteiger partial charge in [-0.1, -0.05) is 56.0 Å². The van der Waals surface area contributed by atoms with Crippen LogP contribution in [0.4, 0.5) is 0 Å². The van der Waals surface area contributed by atoms with E-state index in [2.05, 4.69) is 0 Å². The van der Waals surface area contributed by atoms with Crippen LogP contribution in [0.3, 0.4) is 0 Å². The summed E-state index contributed by atoms with van der Waals surface area (Å²) in [4.78, 5) is 28.3. The van der Waals surface area contributed by atoms with Crippen molar-refractivity contribution in [3.05, 3.63) is 35.9 Å². The first-order valence-corrected chi connectivity index (χ1v) is 7.87. The quantitative estimate of drug-likeness (QED) is 0.562. The van der Waals surface area contributed by atoms with Gasteiger partial charge in [0.2, 0.25) is 12.3 Å². The molecule has 1 atom stereocenters. The van der Waals surface area contributed by atoms with E-state index in [9.17, 15) is 9.59 Å². The van der Waals surface area contributed by atoms with Crippen LogP contribution in [0.2, 0.25) is 0 Å². The minimum Gasteiger partial charge on any atom is -0.369 e. The molecule has 1 aromatic carbocycles. The van der Waals surface area contributed by atoms with Crippen LogP contribution in [-0.2, 0) is 21.0 Å². The minimum absolute atomic E-state index is 0.224. The van der Waals surface area contributed by atoms with Crippen LogP contribution in [0.5, 0.6) is 0 Å². The molecule has 0 aliphatic heterocycles. The van der Waals surface area contributed by atoms with Crippen molar-refractivity contribution in [2.45, 2.75) is 38.7 Å². The Bertz CT molecular complexity index is 472. The molecule has 2 amide bonds. The summed E-state index contributed by atoms with van der Waals surface area (Å²) in [5.74, 6) is -0.161. The van der Waals surface area contributed by atoms with E-state index in [0.29, 0.717) is 18.9 Å². The first kappa shape index (κ1) is 16.5. The highest BCUT2D eigenvalue weighted by Gasteiger charge is 2.25. The van der Waals surface area contributed by atoms with Crippen LogP contribution in [0.1, 0.15) is 37.7 Å². The molecule has 1 saturated carbocycles. The van der Waals surface area contributed by atoms with Gasteiger partial charge in [0.05, 0.1) is 12.5 Å². The third kappa shape index (κ3) is 5.15. The van der Waals surface area contributed by atoms with Crippen LogP contribution in [0.15, 0.2) is 30.3 Å². The lowest BCUT2D eigenvalue weighted by Crippen LogP contribution is -2.36. The van der Waals surface area contributed by atoms with Gasteiger partial charge in [0.15, 0.2) is 0 Å². The summed E-state index contributed by atoms with van der Waals surface area (Å²) in [7, 11) is 0. The van der Waals surface area contributed by atoms with Crippen LogP contribution in [-0.4, -0.2) is 23.9 Å². The number of hydroxylamine groups is 2. The highest BCUT2D eigenvalue weighted by Crippen LogP contribution is 2.30. The van der Waals surface area contributed by atoms with E-state index in [4.69, 9.17) is 10.6 Å². The highest BCUT2D eigenvalue weighted by atomic mass is 16.7. The Morgan fingerprint density at radius 3 is 2.59 bits per heavy atom. The standard InChI is InChI=1S/C17H24N2O3/c18-17(21)16(10-14-6-4-5-7-14)11-19(13-20)22-12-15-8-2-1-3-9-15/h1-3,8-9,13-14,16H,4-7,10-12H2,(H2,18,21)/t16-/m1/s1. The normalized spacial score (nSPS) is 16.4. The number of carbonyl (C=O) groups is 2. The molecule has 1 fully saturated rings. The molecule has 120 valence electrons. The van der Waals surface area contributed by atoms with Crippen molar-refractivity contribution in [1.82, 2.24) is 5.06 Å². The van der Waals surface area contributed by atoms with Crippen molar-refractivity contribution in [2.24, 2.45) is 17.6 Å². The third-order valence-electron chi connectivity index (χ3n) is 4.25. The zero-order valence-electron chi connectivity index (χ0n) is 12.8. The lowest BCUT2D eigenvalue weighted by atomic mass is 9.92. The summed E-state index contributed by atoms with van der Waals surface area (Å²) in [6.07, 6.45) is 6.10. The van der Waals surface area contributed by atoms with E-state index in [-0.39, 0.29) is 18.4 Å². The van der Waals surface area contributed by atoms with Crippen molar-refractivity contribution < 1.29 is 14.4 Å². The van der Waals surface area contributed by atoms with E-state index in [1.165, 1.54) is 17.9 Å². The van der Waals surface area contributed by atoms with Crippen molar-refractivity contribution in [3.8, 4) is 0 Å². The fourth-order valence-corrected chi connectivity index (χ4v) is 3.00. The van der Waals surface area contributed by atoms with Crippen molar-refractivity contribution in [1.29, 1.82) is 0 Å². The highest BCUT2D eigenvalue weighted by molar-refractivity contribution is 5.77. The van der Waals surface area contributed by atoms with Gasteiger partial charge in [-0.05, 0) is 17.9 Å². The van der Waals surface area contributed by atoms with Gasteiger partial charge in [-0.3, -0.25) is 14.4 Å². The van der Waals surface area contributed by atoms with Crippen molar-refractivity contribution in [3.63, 3.8) is 0 Å². The van der Waals surface area contributed by atoms with Gasteiger partial charge in [-0.2, -0.15) is 0 Å². The Hall–Kier alpha value is -1.88. The van der Waals surface area contributed by atoms with E-state index in [1.807, 2.05) is 30.3 Å². The molecule has 0 radical (unpaired) electrons. The van der Waals surface area contributed by atoms with E-state index in [0.717, 1.165) is 24.8 Å². The van der Waals surface area contributed by atoms with Crippen LogP contribution in [0, 0.1) is 11.8 Å². The smallest absolute Gasteiger partial charge is 0.233 e. The van der Waals surface area contributed by atoms with Gasteiger partial charge in [0.1, 0.15) is 6.61 Å². The van der Waals surface area contributed by atoms with Gasteiger partial charge in [-0.15, -0.1) is 0 Å². The lowest BCUT2D eigenvalue weighted by molar-refractivity contribution is -0.182. The molecule has 1 aromatic rings. The summed E-state index contributed by atoms with van der Waals surface area (Å²) < 4.78 is 0. The molecule has 0 heterocycles. The number of nitrogens with zero attached hydrogens (tertiary/aromatic N) is 1. The molecule has 5 nitrogen and oxygen atoms in total. The topological polar surface area (TPSA) is 72.6 Å². The fraction of sp³-hybridized carbons (Fsp3) is 0.529. The van der Waals surface area contributed by atoms with Crippen LogP contribution in [0.25, 0.3) is 0 Å². The molecule has 0 aromatic heterocycles. The molecule has 2 rings (SSSR count). The maximum Gasteiger partial charge on any atom is 0.233 e. The Morgan fingerprint density at radius 2 is 2.00 bits per heavy atom. The Kier molecular flexibility index (Phi) is 6.40. The number of hydrogen-bond acceptors (Lipinski definition) is 3. The molecule has 0 bridgehead atoms. The van der Waals surface area contributed by atoms with Crippen LogP contribution < -0.4 is 5.73 Å². The number of carbonyl (C=O) groups excluding carboxylic acids is 2. The molecule has 2 N–H and O–H groups in total. The Balaban J connectivity index is 1.85. The lowest BCUT2D eigenvalue weighted by Gasteiger charge is -2.23. The van der Waals surface area contributed by atoms with E-state index < -0.39 is 0 Å². The van der Waals surface area contributed by atoms with Gasteiger partial charge in [0.25, 0.3) is 0 Å². The summed E-state index contributed by atoms with van der Waals surface area (Å²) in [5, 5.41) is 1.19. The largest absolute Gasteiger partial charge is 0.369 e. The van der Waals surface area contributed by atoms with E-state index >= 15 is 0 Å². The van der Waals surface area contributed by atoms with Gasteiger partial charge in [0, 0.05) is 0 Å². The van der Waals surface area contributed by atoms with Gasteiger partial charge < -0.3 is 5.73 Å². The van der Waals surface area contributed by atoms with Crippen LogP contribution >= 0.6 is 0 Å². The number of nitrogens with two attached hydrogens (primary N) is 1. The molecule has 0 spiro atoms.